The van der Waals surface area contributed by atoms with Crippen LogP contribution in [-0.2, 0) is 4.74 Å². The molecule has 116 valence electrons. The molecule has 6 nitrogen and oxygen atoms in total. The van der Waals surface area contributed by atoms with E-state index < -0.39 is 0 Å². The van der Waals surface area contributed by atoms with Gasteiger partial charge >= 0.3 is 6.03 Å². The first kappa shape index (κ1) is 14.4. The first-order valence-corrected chi connectivity index (χ1v) is 7.82. The van der Waals surface area contributed by atoms with Crippen LogP contribution in [0.2, 0.25) is 0 Å². The Morgan fingerprint density at radius 2 is 2.24 bits per heavy atom. The Hall–Kier alpha value is -1.53. The molecule has 2 fully saturated rings. The number of urea groups is 1. The Kier molecular flexibility index (Phi) is 4.77. The van der Waals surface area contributed by atoms with Gasteiger partial charge in [-0.05, 0) is 25.0 Å². The highest BCUT2D eigenvalue weighted by Crippen LogP contribution is 2.30. The highest BCUT2D eigenvalue weighted by Gasteiger charge is 2.30. The minimum atomic E-state index is 0.0559. The van der Waals surface area contributed by atoms with E-state index in [1.807, 2.05) is 17.2 Å². The van der Waals surface area contributed by atoms with Crippen molar-refractivity contribution in [3.05, 3.63) is 24.0 Å². The molecule has 1 atom stereocenters. The maximum absolute atomic E-state index is 12.4. The van der Waals surface area contributed by atoms with Crippen molar-refractivity contribution in [1.82, 2.24) is 20.1 Å². The SMILES string of the molecule is O=C(NCCN1CCOCC1)N1CCCC1c1ccc[nH]1. The van der Waals surface area contributed by atoms with Gasteiger partial charge in [0.1, 0.15) is 0 Å². The first-order valence-electron chi connectivity index (χ1n) is 7.82. The largest absolute Gasteiger partial charge is 0.379 e. The predicted molar refractivity (Wildman–Crippen MR) is 80.1 cm³/mol. The third kappa shape index (κ3) is 3.57. The molecule has 1 unspecified atom stereocenters. The lowest BCUT2D eigenvalue weighted by Crippen LogP contribution is -2.45. The molecular formula is C15H24N4O2. The number of ether oxygens (including phenoxy) is 1. The van der Waals surface area contributed by atoms with Crippen molar-refractivity contribution in [2.75, 3.05) is 45.9 Å². The van der Waals surface area contributed by atoms with Crippen LogP contribution in [0, 0.1) is 0 Å². The topological polar surface area (TPSA) is 60.6 Å². The highest BCUT2D eigenvalue weighted by molar-refractivity contribution is 5.75. The van der Waals surface area contributed by atoms with E-state index in [0.29, 0.717) is 6.54 Å². The number of aromatic amines is 1. The Morgan fingerprint density at radius 1 is 1.38 bits per heavy atom. The van der Waals surface area contributed by atoms with Gasteiger partial charge in [-0.25, -0.2) is 4.79 Å². The zero-order chi connectivity index (χ0) is 14.5. The van der Waals surface area contributed by atoms with Gasteiger partial charge < -0.3 is 19.9 Å². The number of rotatable bonds is 4. The lowest BCUT2D eigenvalue weighted by molar-refractivity contribution is 0.0385. The van der Waals surface area contributed by atoms with Crippen LogP contribution in [0.4, 0.5) is 4.79 Å². The van der Waals surface area contributed by atoms with Crippen molar-refractivity contribution in [3.63, 3.8) is 0 Å². The molecule has 0 spiro atoms. The molecule has 21 heavy (non-hydrogen) atoms. The average molecular weight is 292 g/mol. The standard InChI is InChI=1S/C15H24N4O2/c20-15(17-6-8-18-9-11-21-12-10-18)19-7-2-4-14(19)13-3-1-5-16-13/h1,3,5,14,16H,2,4,6-12H2,(H,17,20). The third-order valence-corrected chi connectivity index (χ3v) is 4.30. The van der Waals surface area contributed by atoms with E-state index in [9.17, 15) is 4.79 Å². The van der Waals surface area contributed by atoms with Gasteiger partial charge in [-0.3, -0.25) is 4.90 Å². The summed E-state index contributed by atoms with van der Waals surface area (Å²) in [6.45, 7) is 5.97. The van der Waals surface area contributed by atoms with Crippen LogP contribution in [-0.4, -0.2) is 66.8 Å². The summed E-state index contributed by atoms with van der Waals surface area (Å²) in [7, 11) is 0. The van der Waals surface area contributed by atoms with Gasteiger partial charge in [0, 0.05) is 44.6 Å². The molecule has 3 rings (SSSR count). The second-order valence-electron chi connectivity index (χ2n) is 5.66. The minimum absolute atomic E-state index is 0.0559. The Morgan fingerprint density at radius 3 is 3.00 bits per heavy atom. The summed E-state index contributed by atoms with van der Waals surface area (Å²) < 4.78 is 5.32. The predicted octanol–water partition coefficient (Wildman–Crippen LogP) is 1.19. The number of H-pyrrole nitrogens is 1. The second kappa shape index (κ2) is 6.95. The summed E-state index contributed by atoms with van der Waals surface area (Å²) in [5.41, 5.74) is 1.14. The molecule has 2 amide bonds. The van der Waals surface area contributed by atoms with Gasteiger partial charge in [-0.2, -0.15) is 0 Å². The number of nitrogens with zero attached hydrogens (tertiary/aromatic N) is 2. The molecule has 3 heterocycles. The van der Waals surface area contributed by atoms with Gasteiger partial charge in [0.25, 0.3) is 0 Å². The van der Waals surface area contributed by atoms with E-state index in [4.69, 9.17) is 4.74 Å². The molecule has 2 saturated heterocycles. The highest BCUT2D eigenvalue weighted by atomic mass is 16.5. The molecule has 1 aromatic rings. The van der Waals surface area contributed by atoms with Crippen LogP contribution in [0.1, 0.15) is 24.6 Å². The Balaban J connectivity index is 1.46. The quantitative estimate of drug-likeness (QED) is 0.876. The number of nitrogens with one attached hydrogen (secondary N) is 2. The van der Waals surface area contributed by atoms with Crippen molar-refractivity contribution < 1.29 is 9.53 Å². The molecule has 2 aliphatic rings. The molecular weight excluding hydrogens is 268 g/mol. The molecule has 0 aromatic carbocycles. The maximum Gasteiger partial charge on any atom is 0.318 e. The van der Waals surface area contributed by atoms with Crippen molar-refractivity contribution >= 4 is 6.03 Å². The van der Waals surface area contributed by atoms with Crippen LogP contribution in [0.3, 0.4) is 0 Å². The smallest absolute Gasteiger partial charge is 0.318 e. The van der Waals surface area contributed by atoms with Crippen LogP contribution in [0.5, 0.6) is 0 Å². The number of carbonyl (C=O) groups excluding carboxylic acids is 1. The lowest BCUT2D eigenvalue weighted by atomic mass is 10.1. The van der Waals surface area contributed by atoms with Crippen LogP contribution < -0.4 is 5.32 Å². The number of hydrogen-bond acceptors (Lipinski definition) is 3. The number of aromatic nitrogens is 1. The van der Waals surface area contributed by atoms with Crippen molar-refractivity contribution in [1.29, 1.82) is 0 Å². The molecule has 2 aliphatic heterocycles. The maximum atomic E-state index is 12.4. The molecule has 1 aromatic heterocycles. The van der Waals surface area contributed by atoms with Gasteiger partial charge in [0.2, 0.25) is 0 Å². The molecule has 0 bridgehead atoms. The summed E-state index contributed by atoms with van der Waals surface area (Å²) in [4.78, 5) is 19.9. The second-order valence-corrected chi connectivity index (χ2v) is 5.66. The zero-order valence-electron chi connectivity index (χ0n) is 12.4. The third-order valence-electron chi connectivity index (χ3n) is 4.30. The van der Waals surface area contributed by atoms with Gasteiger partial charge in [0.15, 0.2) is 0 Å². The first-order chi connectivity index (χ1) is 10.3. The molecule has 6 heteroatoms. The van der Waals surface area contributed by atoms with E-state index in [2.05, 4.69) is 21.3 Å². The number of carbonyl (C=O) groups is 1. The van der Waals surface area contributed by atoms with Crippen molar-refractivity contribution in [2.45, 2.75) is 18.9 Å². The summed E-state index contributed by atoms with van der Waals surface area (Å²) in [6, 6.07) is 4.30. The summed E-state index contributed by atoms with van der Waals surface area (Å²) in [5, 5.41) is 3.05. The van der Waals surface area contributed by atoms with E-state index in [0.717, 1.165) is 57.9 Å². The fourth-order valence-electron chi connectivity index (χ4n) is 3.13. The minimum Gasteiger partial charge on any atom is -0.379 e. The van der Waals surface area contributed by atoms with E-state index in [-0.39, 0.29) is 12.1 Å². The van der Waals surface area contributed by atoms with Crippen LogP contribution in [0.25, 0.3) is 0 Å². The number of morpholine rings is 1. The molecule has 2 N–H and O–H groups in total. The van der Waals surface area contributed by atoms with Crippen LogP contribution in [0.15, 0.2) is 18.3 Å². The zero-order valence-corrected chi connectivity index (χ0v) is 12.4. The van der Waals surface area contributed by atoms with Gasteiger partial charge in [-0.1, -0.05) is 0 Å². The number of hydrogen-bond donors (Lipinski definition) is 2. The fourth-order valence-corrected chi connectivity index (χ4v) is 3.13. The molecule has 0 aliphatic carbocycles. The fraction of sp³-hybridized carbons (Fsp3) is 0.667. The molecule has 0 radical (unpaired) electrons. The normalized spacial score (nSPS) is 23.4. The Labute approximate surface area is 125 Å². The monoisotopic (exact) mass is 292 g/mol. The van der Waals surface area contributed by atoms with Crippen LogP contribution >= 0.6 is 0 Å². The summed E-state index contributed by atoms with van der Waals surface area (Å²) >= 11 is 0. The van der Waals surface area contributed by atoms with Crippen molar-refractivity contribution in [2.24, 2.45) is 0 Å². The lowest BCUT2D eigenvalue weighted by Gasteiger charge is -2.28. The van der Waals surface area contributed by atoms with Crippen molar-refractivity contribution in [3.8, 4) is 0 Å². The molecule has 0 saturated carbocycles. The number of likely N-dealkylation sites (tertiary alicyclic amines) is 1. The van der Waals surface area contributed by atoms with Gasteiger partial charge in [0.05, 0.1) is 19.3 Å². The summed E-state index contributed by atoms with van der Waals surface area (Å²) in [5.74, 6) is 0. The average Bonchev–Trinajstić information content (AvgIpc) is 3.19. The van der Waals surface area contributed by atoms with E-state index in [1.165, 1.54) is 0 Å². The van der Waals surface area contributed by atoms with E-state index >= 15 is 0 Å². The summed E-state index contributed by atoms with van der Waals surface area (Å²) in [6.07, 6.45) is 4.03. The van der Waals surface area contributed by atoms with E-state index in [1.54, 1.807) is 0 Å². The van der Waals surface area contributed by atoms with Gasteiger partial charge in [-0.15, -0.1) is 0 Å². The number of amides is 2. The Bertz CT molecular complexity index is 443.